The number of aromatic nitrogens is 1. The van der Waals surface area contributed by atoms with Crippen molar-refractivity contribution < 1.29 is 0 Å². The number of anilines is 1. The summed E-state index contributed by atoms with van der Waals surface area (Å²) in [4.78, 5) is 7.18. The lowest BCUT2D eigenvalue weighted by Gasteiger charge is -2.33. The summed E-state index contributed by atoms with van der Waals surface area (Å²) in [6.45, 7) is 8.46. The minimum absolute atomic E-state index is 0.757. The summed E-state index contributed by atoms with van der Waals surface area (Å²) in [5.74, 6) is 1.99. The number of hydrogen-bond acceptors (Lipinski definition) is 3. The van der Waals surface area contributed by atoms with Crippen molar-refractivity contribution in [2.45, 2.75) is 52.5 Å². The fourth-order valence-corrected chi connectivity index (χ4v) is 3.19. The van der Waals surface area contributed by atoms with Crippen LogP contribution in [-0.2, 0) is 6.54 Å². The molecule has 118 valence electrons. The van der Waals surface area contributed by atoms with Crippen molar-refractivity contribution in [1.29, 1.82) is 0 Å². The summed E-state index contributed by atoms with van der Waals surface area (Å²) in [5, 5.41) is 4.15. The average molecular weight is 310 g/mol. The fraction of sp³-hybridized carbons (Fsp3) is 0.706. The van der Waals surface area contributed by atoms with Gasteiger partial charge in [-0.15, -0.1) is 0 Å². The Balaban J connectivity index is 1.95. The van der Waals surface area contributed by atoms with Crippen LogP contribution in [0.15, 0.2) is 12.1 Å². The van der Waals surface area contributed by atoms with E-state index in [1.165, 1.54) is 25.7 Å². The predicted octanol–water partition coefficient (Wildman–Crippen LogP) is 4.25. The van der Waals surface area contributed by atoms with E-state index in [1.807, 2.05) is 6.07 Å². The van der Waals surface area contributed by atoms with Crippen molar-refractivity contribution in [3.05, 3.63) is 22.8 Å². The third-order valence-electron chi connectivity index (χ3n) is 4.26. The van der Waals surface area contributed by atoms with Gasteiger partial charge in [0.25, 0.3) is 0 Å². The van der Waals surface area contributed by atoms with Crippen molar-refractivity contribution in [1.82, 2.24) is 10.3 Å². The molecule has 1 aliphatic rings. The first-order valence-corrected chi connectivity index (χ1v) is 8.73. The number of halogens is 1. The minimum atomic E-state index is 0.757. The number of pyridine rings is 1. The lowest BCUT2D eigenvalue weighted by molar-refractivity contribution is 0.377. The van der Waals surface area contributed by atoms with Gasteiger partial charge in [0, 0.05) is 19.6 Å². The Labute approximate surface area is 134 Å². The summed E-state index contributed by atoms with van der Waals surface area (Å²) in [7, 11) is 0. The van der Waals surface area contributed by atoms with Crippen LogP contribution in [0, 0.1) is 5.92 Å². The number of rotatable bonds is 7. The van der Waals surface area contributed by atoms with E-state index < -0.39 is 0 Å². The molecule has 4 heteroatoms. The molecule has 21 heavy (non-hydrogen) atoms. The highest BCUT2D eigenvalue weighted by Crippen LogP contribution is 2.26. The van der Waals surface area contributed by atoms with Gasteiger partial charge in [0.05, 0.1) is 10.7 Å². The second-order valence-electron chi connectivity index (χ2n) is 5.99. The zero-order chi connectivity index (χ0) is 15.1. The first-order chi connectivity index (χ1) is 10.2. The summed E-state index contributed by atoms with van der Waals surface area (Å²) in [6.07, 6.45) is 6.39. The van der Waals surface area contributed by atoms with Gasteiger partial charge >= 0.3 is 0 Å². The van der Waals surface area contributed by atoms with Crippen molar-refractivity contribution in [2.75, 3.05) is 24.5 Å². The van der Waals surface area contributed by atoms with Crippen LogP contribution in [0.5, 0.6) is 0 Å². The smallest absolute Gasteiger partial charge is 0.128 e. The largest absolute Gasteiger partial charge is 0.357 e. The highest BCUT2D eigenvalue weighted by atomic mass is 35.5. The SMILES string of the molecule is CCCNCc1nc(N2CCC(CCC)CC2)ccc1Cl. The molecule has 2 rings (SSSR count). The molecule has 0 aliphatic carbocycles. The van der Waals surface area contributed by atoms with Gasteiger partial charge in [-0.05, 0) is 43.9 Å². The highest BCUT2D eigenvalue weighted by molar-refractivity contribution is 6.31. The number of piperidine rings is 1. The Morgan fingerprint density at radius 3 is 2.67 bits per heavy atom. The standard InChI is InChI=1S/C17H28ClN3/c1-3-5-14-8-11-21(12-9-14)17-7-6-15(18)16(20-17)13-19-10-4-2/h6-7,14,19H,3-5,8-13H2,1-2H3. The topological polar surface area (TPSA) is 28.2 Å². The molecule has 0 spiro atoms. The van der Waals surface area contributed by atoms with E-state index in [0.29, 0.717) is 0 Å². The molecule has 0 amide bonds. The van der Waals surface area contributed by atoms with E-state index in [2.05, 4.69) is 30.1 Å². The Morgan fingerprint density at radius 1 is 1.24 bits per heavy atom. The fourth-order valence-electron chi connectivity index (χ4n) is 3.02. The minimum Gasteiger partial charge on any atom is -0.357 e. The molecule has 1 aromatic heterocycles. The Bertz CT molecular complexity index is 428. The molecule has 3 nitrogen and oxygen atoms in total. The van der Waals surface area contributed by atoms with E-state index in [0.717, 1.165) is 55.1 Å². The van der Waals surface area contributed by atoms with E-state index in [1.54, 1.807) is 0 Å². The van der Waals surface area contributed by atoms with Crippen LogP contribution in [-0.4, -0.2) is 24.6 Å². The van der Waals surface area contributed by atoms with Gasteiger partial charge in [0.15, 0.2) is 0 Å². The maximum atomic E-state index is 6.26. The van der Waals surface area contributed by atoms with Gasteiger partial charge in [-0.3, -0.25) is 0 Å². The van der Waals surface area contributed by atoms with Gasteiger partial charge in [-0.2, -0.15) is 0 Å². The Morgan fingerprint density at radius 2 is 2.00 bits per heavy atom. The zero-order valence-corrected chi connectivity index (χ0v) is 14.1. The third-order valence-corrected chi connectivity index (χ3v) is 4.60. The second-order valence-corrected chi connectivity index (χ2v) is 6.40. The summed E-state index contributed by atoms with van der Waals surface area (Å²) in [5.41, 5.74) is 0.971. The molecule has 0 radical (unpaired) electrons. The third kappa shape index (κ3) is 4.86. The average Bonchev–Trinajstić information content (AvgIpc) is 2.51. The molecule has 1 aliphatic heterocycles. The van der Waals surface area contributed by atoms with E-state index in [9.17, 15) is 0 Å². The molecule has 1 N–H and O–H groups in total. The Hall–Kier alpha value is -0.800. The maximum Gasteiger partial charge on any atom is 0.128 e. The predicted molar refractivity (Wildman–Crippen MR) is 91.1 cm³/mol. The van der Waals surface area contributed by atoms with Gasteiger partial charge in [0.1, 0.15) is 5.82 Å². The van der Waals surface area contributed by atoms with Crippen LogP contribution in [0.3, 0.4) is 0 Å². The molecule has 1 saturated heterocycles. The summed E-state index contributed by atoms with van der Waals surface area (Å²) < 4.78 is 0. The quantitative estimate of drug-likeness (QED) is 0.763. The van der Waals surface area contributed by atoms with E-state index in [4.69, 9.17) is 16.6 Å². The zero-order valence-electron chi connectivity index (χ0n) is 13.4. The van der Waals surface area contributed by atoms with Crippen molar-refractivity contribution >= 4 is 17.4 Å². The van der Waals surface area contributed by atoms with Crippen LogP contribution in [0.2, 0.25) is 5.02 Å². The van der Waals surface area contributed by atoms with Crippen molar-refractivity contribution in [2.24, 2.45) is 5.92 Å². The molecule has 0 aromatic carbocycles. The van der Waals surface area contributed by atoms with E-state index in [-0.39, 0.29) is 0 Å². The van der Waals surface area contributed by atoms with Crippen molar-refractivity contribution in [3.8, 4) is 0 Å². The number of nitrogens with one attached hydrogen (secondary N) is 1. The normalized spacial score (nSPS) is 16.4. The molecule has 0 unspecified atom stereocenters. The monoisotopic (exact) mass is 309 g/mol. The second kappa shape index (κ2) is 8.60. The van der Waals surface area contributed by atoms with Gasteiger partial charge in [-0.25, -0.2) is 4.98 Å². The molecule has 1 fully saturated rings. The molecular formula is C17H28ClN3. The van der Waals surface area contributed by atoms with E-state index >= 15 is 0 Å². The number of nitrogens with zero attached hydrogens (tertiary/aromatic N) is 2. The maximum absolute atomic E-state index is 6.26. The lowest BCUT2D eigenvalue weighted by Crippen LogP contribution is -2.34. The van der Waals surface area contributed by atoms with Gasteiger partial charge < -0.3 is 10.2 Å². The lowest BCUT2D eigenvalue weighted by atomic mass is 9.92. The molecule has 0 saturated carbocycles. The number of hydrogen-bond donors (Lipinski definition) is 1. The summed E-state index contributed by atoms with van der Waals surface area (Å²) in [6, 6.07) is 4.05. The van der Waals surface area contributed by atoms with Gasteiger partial charge in [0.2, 0.25) is 0 Å². The van der Waals surface area contributed by atoms with Gasteiger partial charge in [-0.1, -0.05) is 38.3 Å². The van der Waals surface area contributed by atoms with Crippen LogP contribution >= 0.6 is 11.6 Å². The van der Waals surface area contributed by atoms with Crippen LogP contribution in [0.25, 0.3) is 0 Å². The first-order valence-electron chi connectivity index (χ1n) is 8.35. The van der Waals surface area contributed by atoms with Crippen LogP contribution in [0.4, 0.5) is 5.82 Å². The first kappa shape index (κ1) is 16.6. The van der Waals surface area contributed by atoms with Crippen LogP contribution < -0.4 is 10.2 Å². The highest BCUT2D eigenvalue weighted by Gasteiger charge is 2.20. The molecular weight excluding hydrogens is 282 g/mol. The molecule has 0 atom stereocenters. The van der Waals surface area contributed by atoms with Crippen molar-refractivity contribution in [3.63, 3.8) is 0 Å². The summed E-state index contributed by atoms with van der Waals surface area (Å²) >= 11 is 6.26. The molecule has 0 bridgehead atoms. The van der Waals surface area contributed by atoms with Crippen LogP contribution in [0.1, 0.15) is 51.6 Å². The molecule has 2 heterocycles. The molecule has 1 aromatic rings. The Kier molecular flexibility index (Phi) is 6.78.